The molecule has 11 aromatic rings. The van der Waals surface area contributed by atoms with Gasteiger partial charge in [0, 0.05) is 33.4 Å². The molecule has 11 rings (SSSR count). The van der Waals surface area contributed by atoms with Gasteiger partial charge in [0.05, 0.1) is 0 Å². The van der Waals surface area contributed by atoms with Gasteiger partial charge >= 0.3 is 0 Å². The Bertz CT molecular complexity index is 3230. The number of para-hydroxylation sites is 1. The summed E-state index contributed by atoms with van der Waals surface area (Å²) in [4.78, 5) is 2.37. The van der Waals surface area contributed by atoms with Crippen molar-refractivity contribution in [3.05, 3.63) is 212 Å². The zero-order valence-corrected chi connectivity index (χ0v) is 30.6. The first-order valence-electron chi connectivity index (χ1n) is 19.2. The molecule has 0 unspecified atom stereocenters. The highest BCUT2D eigenvalue weighted by atomic mass is 16.3. The highest BCUT2D eigenvalue weighted by molar-refractivity contribution is 6.11. The minimum absolute atomic E-state index is 0.894. The fourth-order valence-electron chi connectivity index (χ4n) is 8.37. The van der Waals surface area contributed by atoms with E-state index in [4.69, 9.17) is 4.42 Å². The van der Waals surface area contributed by atoms with Crippen LogP contribution >= 0.6 is 0 Å². The third-order valence-electron chi connectivity index (χ3n) is 11.2. The Labute approximate surface area is 325 Å². The van der Waals surface area contributed by atoms with Gasteiger partial charge in [0.25, 0.3) is 0 Å². The molecule has 0 radical (unpaired) electrons. The first-order valence-corrected chi connectivity index (χ1v) is 19.2. The van der Waals surface area contributed by atoms with Crippen molar-refractivity contribution in [2.24, 2.45) is 0 Å². The molecule has 56 heavy (non-hydrogen) atoms. The molecule has 0 spiro atoms. The van der Waals surface area contributed by atoms with Crippen LogP contribution in [0.2, 0.25) is 0 Å². The number of nitrogens with zero attached hydrogens (tertiary/aromatic N) is 1. The standard InChI is InChI=1S/C54H35NO/c1-2-10-39(11-3-1)49-15-8-16-50-52-34-44(26-32-53(52)56-54(49)50)38-23-29-46(30-24-38)55(47-31-25-41-19-18-40-12-6-7-14-48(40)51(41)35-47)45-27-21-37(22-28-45)43-20-17-36-9-4-5-13-42(36)33-43/h1-35H. The van der Waals surface area contributed by atoms with Crippen molar-refractivity contribution in [2.45, 2.75) is 0 Å². The van der Waals surface area contributed by atoms with E-state index in [0.717, 1.165) is 61.3 Å². The minimum Gasteiger partial charge on any atom is -0.455 e. The number of furan rings is 1. The van der Waals surface area contributed by atoms with E-state index in [9.17, 15) is 0 Å². The number of rotatable bonds is 6. The van der Waals surface area contributed by atoms with Gasteiger partial charge in [-0.15, -0.1) is 0 Å². The highest BCUT2D eigenvalue weighted by Crippen LogP contribution is 2.41. The maximum atomic E-state index is 6.48. The number of benzene rings is 10. The Hall–Kier alpha value is -7.42. The Balaban J connectivity index is 0.999. The largest absolute Gasteiger partial charge is 0.455 e. The molecule has 0 atom stereocenters. The van der Waals surface area contributed by atoms with Crippen LogP contribution in [-0.2, 0) is 0 Å². The van der Waals surface area contributed by atoms with Crippen LogP contribution in [0.15, 0.2) is 217 Å². The van der Waals surface area contributed by atoms with Crippen molar-refractivity contribution >= 4 is 71.3 Å². The molecule has 0 aliphatic heterocycles. The van der Waals surface area contributed by atoms with Crippen LogP contribution in [0.4, 0.5) is 17.1 Å². The van der Waals surface area contributed by atoms with Crippen LogP contribution < -0.4 is 4.90 Å². The van der Waals surface area contributed by atoms with E-state index in [2.05, 4.69) is 211 Å². The molecular weight excluding hydrogens is 679 g/mol. The molecule has 0 N–H and O–H groups in total. The van der Waals surface area contributed by atoms with Crippen LogP contribution in [0.25, 0.3) is 87.6 Å². The molecule has 0 amide bonds. The zero-order valence-electron chi connectivity index (χ0n) is 30.6. The summed E-state index contributed by atoms with van der Waals surface area (Å²) in [5, 5.41) is 9.72. The number of hydrogen-bond acceptors (Lipinski definition) is 2. The average Bonchev–Trinajstić information content (AvgIpc) is 3.65. The molecule has 0 saturated carbocycles. The SMILES string of the molecule is c1ccc(-c2cccc3c2oc2ccc(-c4ccc(N(c5ccc(-c6ccc7ccccc7c6)cc5)c5ccc6ccc7ccccc7c6c5)cc4)cc23)cc1. The normalized spacial score (nSPS) is 11.6. The summed E-state index contributed by atoms with van der Waals surface area (Å²) in [6.07, 6.45) is 0. The smallest absolute Gasteiger partial charge is 0.143 e. The molecule has 1 aromatic heterocycles. The molecule has 0 fully saturated rings. The van der Waals surface area contributed by atoms with Gasteiger partial charge in [-0.05, 0) is 115 Å². The van der Waals surface area contributed by atoms with E-state index < -0.39 is 0 Å². The van der Waals surface area contributed by atoms with Gasteiger partial charge in [0.1, 0.15) is 11.2 Å². The number of fused-ring (bicyclic) bond motifs is 7. The van der Waals surface area contributed by atoms with Crippen molar-refractivity contribution in [3.8, 4) is 33.4 Å². The lowest BCUT2D eigenvalue weighted by Gasteiger charge is -2.26. The first kappa shape index (κ1) is 32.0. The summed E-state index contributed by atoms with van der Waals surface area (Å²) < 4.78 is 6.48. The monoisotopic (exact) mass is 713 g/mol. The molecule has 0 aliphatic rings. The van der Waals surface area contributed by atoms with Crippen molar-refractivity contribution < 1.29 is 4.42 Å². The molecule has 2 nitrogen and oxygen atoms in total. The Kier molecular flexibility index (Phi) is 7.53. The summed E-state index contributed by atoms with van der Waals surface area (Å²) >= 11 is 0. The van der Waals surface area contributed by atoms with Crippen molar-refractivity contribution in [1.29, 1.82) is 0 Å². The van der Waals surface area contributed by atoms with E-state index in [1.165, 1.54) is 43.4 Å². The van der Waals surface area contributed by atoms with Crippen molar-refractivity contribution in [2.75, 3.05) is 4.90 Å². The van der Waals surface area contributed by atoms with Crippen LogP contribution in [0.5, 0.6) is 0 Å². The third-order valence-corrected chi connectivity index (χ3v) is 11.2. The maximum absolute atomic E-state index is 6.48. The van der Waals surface area contributed by atoms with Crippen LogP contribution in [-0.4, -0.2) is 0 Å². The second-order valence-electron chi connectivity index (χ2n) is 14.5. The summed E-state index contributed by atoms with van der Waals surface area (Å²) in [7, 11) is 0. The molecule has 1 heterocycles. The van der Waals surface area contributed by atoms with Gasteiger partial charge in [0.2, 0.25) is 0 Å². The van der Waals surface area contributed by atoms with Gasteiger partial charge in [-0.1, -0.05) is 158 Å². The van der Waals surface area contributed by atoms with Gasteiger partial charge in [-0.25, -0.2) is 0 Å². The molecule has 0 saturated heterocycles. The molecule has 262 valence electrons. The number of anilines is 3. The van der Waals surface area contributed by atoms with Gasteiger partial charge < -0.3 is 9.32 Å². The van der Waals surface area contributed by atoms with Crippen LogP contribution in [0.1, 0.15) is 0 Å². The molecule has 10 aromatic carbocycles. The van der Waals surface area contributed by atoms with Crippen molar-refractivity contribution in [1.82, 2.24) is 0 Å². The summed E-state index contributed by atoms with van der Waals surface area (Å²) in [6, 6.07) is 76.5. The fourth-order valence-corrected chi connectivity index (χ4v) is 8.37. The zero-order chi connectivity index (χ0) is 37.0. The van der Waals surface area contributed by atoms with E-state index >= 15 is 0 Å². The second kappa shape index (κ2) is 13.2. The van der Waals surface area contributed by atoms with E-state index in [0.29, 0.717) is 0 Å². The van der Waals surface area contributed by atoms with Crippen LogP contribution in [0, 0.1) is 0 Å². The Morgan fingerprint density at radius 1 is 0.286 bits per heavy atom. The lowest BCUT2D eigenvalue weighted by Crippen LogP contribution is -2.09. The van der Waals surface area contributed by atoms with E-state index in [1.807, 2.05) is 6.07 Å². The van der Waals surface area contributed by atoms with E-state index in [-0.39, 0.29) is 0 Å². The number of hydrogen-bond donors (Lipinski definition) is 0. The Morgan fingerprint density at radius 2 is 0.839 bits per heavy atom. The third kappa shape index (κ3) is 5.51. The Morgan fingerprint density at radius 3 is 1.61 bits per heavy atom. The molecule has 0 bridgehead atoms. The van der Waals surface area contributed by atoms with E-state index in [1.54, 1.807) is 0 Å². The molecule has 0 aliphatic carbocycles. The van der Waals surface area contributed by atoms with Crippen LogP contribution in [0.3, 0.4) is 0 Å². The maximum Gasteiger partial charge on any atom is 0.143 e. The highest BCUT2D eigenvalue weighted by Gasteiger charge is 2.17. The van der Waals surface area contributed by atoms with Gasteiger partial charge in [0.15, 0.2) is 0 Å². The van der Waals surface area contributed by atoms with Gasteiger partial charge in [-0.2, -0.15) is 0 Å². The molecular formula is C54H35NO. The first-order chi connectivity index (χ1) is 27.7. The second-order valence-corrected chi connectivity index (χ2v) is 14.5. The van der Waals surface area contributed by atoms with Crippen molar-refractivity contribution in [3.63, 3.8) is 0 Å². The minimum atomic E-state index is 0.894. The summed E-state index contributed by atoms with van der Waals surface area (Å²) in [5.41, 5.74) is 12.1. The topological polar surface area (TPSA) is 16.4 Å². The lowest BCUT2D eigenvalue weighted by molar-refractivity contribution is 0.670. The lowest BCUT2D eigenvalue weighted by atomic mass is 9.99. The fraction of sp³-hybridized carbons (Fsp3) is 0. The molecule has 2 heteroatoms. The summed E-state index contributed by atoms with van der Waals surface area (Å²) in [6.45, 7) is 0. The quantitative estimate of drug-likeness (QED) is 0.160. The average molecular weight is 714 g/mol. The van der Waals surface area contributed by atoms with Gasteiger partial charge in [-0.3, -0.25) is 0 Å². The predicted octanol–water partition coefficient (Wildman–Crippen LogP) is 15.5. The summed E-state index contributed by atoms with van der Waals surface area (Å²) in [5.74, 6) is 0. The predicted molar refractivity (Wildman–Crippen MR) is 237 cm³/mol.